The molecular weight excluding hydrogens is 289 g/mol. The van der Waals surface area contributed by atoms with Crippen LogP contribution in [0.15, 0.2) is 22.7 Å². The molecule has 7 heteroatoms. The average molecular weight is 302 g/mol. The standard InChI is InChI=1S/C12H13Cl2N3O2/c13-9-2-1-8(10(14)6-9)5-11-16-12(19-17-11)7-18-4-3-15/h1-2,6H,3-5,7,15H2. The van der Waals surface area contributed by atoms with Crippen LogP contribution in [0.5, 0.6) is 0 Å². The van der Waals surface area contributed by atoms with E-state index in [9.17, 15) is 0 Å². The van der Waals surface area contributed by atoms with Crippen molar-refractivity contribution < 1.29 is 9.26 Å². The Kier molecular flexibility index (Phi) is 5.15. The lowest BCUT2D eigenvalue weighted by Crippen LogP contribution is -2.08. The first kappa shape index (κ1) is 14.3. The fourth-order valence-electron chi connectivity index (χ4n) is 1.50. The Morgan fingerprint density at radius 3 is 2.89 bits per heavy atom. The Morgan fingerprint density at radius 2 is 2.16 bits per heavy atom. The Balaban J connectivity index is 1.99. The molecule has 0 spiro atoms. The van der Waals surface area contributed by atoms with Crippen molar-refractivity contribution >= 4 is 23.2 Å². The molecule has 0 unspecified atom stereocenters. The Bertz CT molecular complexity index is 546. The molecule has 0 saturated heterocycles. The number of ether oxygens (including phenoxy) is 1. The van der Waals surface area contributed by atoms with Gasteiger partial charge in [-0.15, -0.1) is 0 Å². The maximum Gasteiger partial charge on any atom is 0.252 e. The topological polar surface area (TPSA) is 74.2 Å². The van der Waals surface area contributed by atoms with Crippen molar-refractivity contribution in [1.29, 1.82) is 0 Å². The molecule has 0 saturated carbocycles. The van der Waals surface area contributed by atoms with Crippen LogP contribution in [0.25, 0.3) is 0 Å². The van der Waals surface area contributed by atoms with Crippen molar-refractivity contribution in [3.63, 3.8) is 0 Å². The number of hydrogen-bond acceptors (Lipinski definition) is 5. The van der Waals surface area contributed by atoms with Gasteiger partial charge in [0.05, 0.1) is 6.61 Å². The number of nitrogens with two attached hydrogens (primary N) is 1. The third-order valence-corrected chi connectivity index (χ3v) is 2.95. The summed E-state index contributed by atoms with van der Waals surface area (Å²) in [5.41, 5.74) is 6.20. The maximum atomic E-state index is 6.08. The van der Waals surface area contributed by atoms with E-state index in [-0.39, 0.29) is 6.61 Å². The van der Waals surface area contributed by atoms with Gasteiger partial charge in [-0.25, -0.2) is 0 Å². The second-order valence-corrected chi connectivity index (χ2v) is 4.70. The Morgan fingerprint density at radius 1 is 1.32 bits per heavy atom. The van der Waals surface area contributed by atoms with Crippen molar-refractivity contribution in [2.24, 2.45) is 5.73 Å². The zero-order valence-electron chi connectivity index (χ0n) is 10.1. The highest BCUT2D eigenvalue weighted by Gasteiger charge is 2.09. The van der Waals surface area contributed by atoms with Gasteiger partial charge in [0.1, 0.15) is 6.61 Å². The molecule has 0 bridgehead atoms. The molecule has 1 aromatic carbocycles. The number of rotatable bonds is 6. The number of halogens is 2. The van der Waals surface area contributed by atoms with E-state index in [1.807, 2.05) is 6.07 Å². The molecule has 5 nitrogen and oxygen atoms in total. The van der Waals surface area contributed by atoms with E-state index >= 15 is 0 Å². The lowest BCUT2D eigenvalue weighted by Gasteiger charge is -2.00. The molecule has 0 aliphatic heterocycles. The first-order valence-electron chi connectivity index (χ1n) is 5.72. The van der Waals surface area contributed by atoms with Gasteiger partial charge < -0.3 is 15.0 Å². The third-order valence-electron chi connectivity index (χ3n) is 2.36. The van der Waals surface area contributed by atoms with E-state index in [0.29, 0.717) is 41.3 Å². The lowest BCUT2D eigenvalue weighted by molar-refractivity contribution is 0.104. The summed E-state index contributed by atoms with van der Waals surface area (Å²) in [6, 6.07) is 5.30. The van der Waals surface area contributed by atoms with E-state index in [0.717, 1.165) is 5.56 Å². The highest BCUT2D eigenvalue weighted by molar-refractivity contribution is 6.35. The number of aromatic nitrogens is 2. The molecule has 1 heterocycles. The monoisotopic (exact) mass is 301 g/mol. The largest absolute Gasteiger partial charge is 0.370 e. The average Bonchev–Trinajstić information content (AvgIpc) is 2.81. The fraction of sp³-hybridized carbons (Fsp3) is 0.333. The summed E-state index contributed by atoms with van der Waals surface area (Å²) in [6.45, 7) is 1.18. The van der Waals surface area contributed by atoms with Crippen LogP contribution in [-0.4, -0.2) is 23.3 Å². The maximum absolute atomic E-state index is 6.08. The summed E-state index contributed by atoms with van der Waals surface area (Å²) in [7, 11) is 0. The smallest absolute Gasteiger partial charge is 0.252 e. The number of nitrogens with zero attached hydrogens (tertiary/aromatic N) is 2. The number of hydrogen-bond donors (Lipinski definition) is 1. The summed E-state index contributed by atoms with van der Waals surface area (Å²) in [5, 5.41) is 5.04. The van der Waals surface area contributed by atoms with Gasteiger partial charge in [-0.3, -0.25) is 0 Å². The van der Waals surface area contributed by atoms with Gasteiger partial charge in [0.2, 0.25) is 0 Å². The minimum absolute atomic E-state index is 0.262. The molecule has 0 amide bonds. The quantitative estimate of drug-likeness (QED) is 0.830. The van der Waals surface area contributed by atoms with Crippen molar-refractivity contribution in [1.82, 2.24) is 10.1 Å². The molecule has 2 N–H and O–H groups in total. The normalized spacial score (nSPS) is 10.9. The van der Waals surface area contributed by atoms with Crippen LogP contribution in [-0.2, 0) is 17.8 Å². The van der Waals surface area contributed by atoms with Crippen molar-refractivity contribution in [2.75, 3.05) is 13.2 Å². The molecular formula is C12H13Cl2N3O2. The lowest BCUT2D eigenvalue weighted by atomic mass is 10.1. The molecule has 0 radical (unpaired) electrons. The van der Waals surface area contributed by atoms with Gasteiger partial charge >= 0.3 is 0 Å². The van der Waals surface area contributed by atoms with Gasteiger partial charge in [-0.1, -0.05) is 34.4 Å². The summed E-state index contributed by atoms with van der Waals surface area (Å²) in [5.74, 6) is 0.976. The van der Waals surface area contributed by atoms with Crippen LogP contribution < -0.4 is 5.73 Å². The summed E-state index contributed by atoms with van der Waals surface area (Å²) < 4.78 is 10.3. The second-order valence-electron chi connectivity index (χ2n) is 3.86. The van der Waals surface area contributed by atoms with Crippen LogP contribution in [0.3, 0.4) is 0 Å². The second kappa shape index (κ2) is 6.86. The predicted octanol–water partition coefficient (Wildman–Crippen LogP) is 2.44. The first-order chi connectivity index (χ1) is 9.19. The Hall–Kier alpha value is -1.14. The zero-order valence-corrected chi connectivity index (χ0v) is 11.6. The van der Waals surface area contributed by atoms with Gasteiger partial charge in [-0.05, 0) is 17.7 Å². The summed E-state index contributed by atoms with van der Waals surface area (Å²) in [4.78, 5) is 4.21. The van der Waals surface area contributed by atoms with E-state index in [1.165, 1.54) is 0 Å². The van der Waals surface area contributed by atoms with Crippen molar-refractivity contribution in [3.8, 4) is 0 Å². The molecule has 2 aromatic rings. The molecule has 1 aromatic heterocycles. The molecule has 0 atom stereocenters. The van der Waals surface area contributed by atoms with Gasteiger partial charge in [0.25, 0.3) is 5.89 Å². The fourth-order valence-corrected chi connectivity index (χ4v) is 1.97. The van der Waals surface area contributed by atoms with E-state index in [4.69, 9.17) is 38.2 Å². The summed E-state index contributed by atoms with van der Waals surface area (Å²) >= 11 is 11.9. The highest BCUT2D eigenvalue weighted by Crippen LogP contribution is 2.22. The van der Waals surface area contributed by atoms with E-state index in [2.05, 4.69) is 10.1 Å². The Labute approximate surface area is 120 Å². The minimum atomic E-state index is 0.262. The van der Waals surface area contributed by atoms with Crippen LogP contribution in [0.2, 0.25) is 10.0 Å². The molecule has 0 fully saturated rings. The highest BCUT2D eigenvalue weighted by atomic mass is 35.5. The third kappa shape index (κ3) is 4.18. The van der Waals surface area contributed by atoms with Crippen LogP contribution >= 0.6 is 23.2 Å². The number of benzene rings is 1. The van der Waals surface area contributed by atoms with Gasteiger partial charge in [0, 0.05) is 23.0 Å². The van der Waals surface area contributed by atoms with Gasteiger partial charge in [0.15, 0.2) is 5.82 Å². The molecule has 0 aliphatic rings. The predicted molar refractivity (Wildman–Crippen MR) is 72.3 cm³/mol. The van der Waals surface area contributed by atoms with Crippen molar-refractivity contribution in [3.05, 3.63) is 45.5 Å². The van der Waals surface area contributed by atoms with E-state index < -0.39 is 0 Å². The van der Waals surface area contributed by atoms with Crippen molar-refractivity contribution in [2.45, 2.75) is 13.0 Å². The summed E-state index contributed by atoms with van der Waals surface area (Å²) in [6.07, 6.45) is 0.483. The molecule has 0 aliphatic carbocycles. The van der Waals surface area contributed by atoms with Gasteiger partial charge in [-0.2, -0.15) is 4.98 Å². The molecule has 102 valence electrons. The van der Waals surface area contributed by atoms with Crippen LogP contribution in [0.1, 0.15) is 17.3 Å². The minimum Gasteiger partial charge on any atom is -0.370 e. The first-order valence-corrected chi connectivity index (χ1v) is 6.48. The molecule has 2 rings (SSSR count). The van der Waals surface area contributed by atoms with E-state index in [1.54, 1.807) is 12.1 Å². The van der Waals surface area contributed by atoms with Crippen LogP contribution in [0.4, 0.5) is 0 Å². The van der Waals surface area contributed by atoms with Crippen LogP contribution in [0, 0.1) is 0 Å². The zero-order chi connectivity index (χ0) is 13.7. The SMILES string of the molecule is NCCOCc1nc(Cc2ccc(Cl)cc2Cl)no1. The molecule has 19 heavy (non-hydrogen) atoms.